The van der Waals surface area contributed by atoms with E-state index in [0.717, 1.165) is 5.56 Å². The number of rotatable bonds is 4. The molecule has 1 aromatic carbocycles. The molecule has 0 saturated carbocycles. The van der Waals surface area contributed by atoms with Crippen LogP contribution >= 0.6 is 0 Å². The molecule has 0 spiro atoms. The molecule has 1 aliphatic rings. The maximum Gasteiger partial charge on any atom is 0.362 e. The van der Waals surface area contributed by atoms with Crippen LogP contribution in [-0.2, 0) is 26.3 Å². The molecule has 102 valence electrons. The minimum atomic E-state index is -4.51. The predicted molar refractivity (Wildman–Crippen MR) is 65.3 cm³/mol. The zero-order chi connectivity index (χ0) is 14.0. The Morgan fingerprint density at radius 1 is 1.37 bits per heavy atom. The summed E-state index contributed by atoms with van der Waals surface area (Å²) in [5.74, 6) is -1.21. The number of carbonyl (C=O) groups is 2. The lowest BCUT2D eigenvalue weighted by molar-refractivity contribution is -0.140. The van der Waals surface area contributed by atoms with Crippen LogP contribution in [0.25, 0.3) is 0 Å². The van der Waals surface area contributed by atoms with Crippen LogP contribution < -0.4 is 5.32 Å². The van der Waals surface area contributed by atoms with Crippen LogP contribution in [0.1, 0.15) is 5.56 Å². The molecule has 1 aliphatic heterocycles. The first kappa shape index (κ1) is 13.5. The number of β-lactam (4-membered cyclic amide) rings is 1. The lowest BCUT2D eigenvalue weighted by atomic mass is 10.1. The maximum atomic E-state index is 11.6. The highest BCUT2D eigenvalue weighted by Crippen LogP contribution is 2.14. The Morgan fingerprint density at radius 2 is 2.00 bits per heavy atom. The standard InChI is InChI=1S/C11H12N2O5S/c14-10(6-8-4-2-1-3-5-8)12-9-7-13(11(9)15)19(16,17)18/h1-5,9H,6-7H2,(H,12,14)(H,16,17,18). The van der Waals surface area contributed by atoms with Crippen LogP contribution in [0.2, 0.25) is 0 Å². The highest BCUT2D eigenvalue weighted by Gasteiger charge is 2.44. The summed E-state index contributed by atoms with van der Waals surface area (Å²) in [4.78, 5) is 23.0. The Labute approximate surface area is 110 Å². The van der Waals surface area contributed by atoms with Gasteiger partial charge in [-0.05, 0) is 5.56 Å². The highest BCUT2D eigenvalue weighted by atomic mass is 32.2. The Balaban J connectivity index is 1.87. The van der Waals surface area contributed by atoms with Crippen molar-refractivity contribution in [3.05, 3.63) is 35.9 Å². The third-order valence-electron chi connectivity index (χ3n) is 2.71. The molecule has 1 aromatic rings. The van der Waals surface area contributed by atoms with Crippen LogP contribution in [0.15, 0.2) is 30.3 Å². The molecule has 0 bridgehead atoms. The molecule has 1 atom stereocenters. The molecule has 0 radical (unpaired) electrons. The van der Waals surface area contributed by atoms with E-state index in [9.17, 15) is 18.0 Å². The molecule has 8 heteroatoms. The molecule has 0 aromatic heterocycles. The average molecular weight is 284 g/mol. The van der Waals surface area contributed by atoms with E-state index in [0.29, 0.717) is 4.31 Å². The van der Waals surface area contributed by atoms with Crippen molar-refractivity contribution in [2.24, 2.45) is 0 Å². The minimum absolute atomic E-state index is 0.108. The molecule has 2 amide bonds. The van der Waals surface area contributed by atoms with Crippen LogP contribution in [-0.4, -0.2) is 41.7 Å². The van der Waals surface area contributed by atoms with Gasteiger partial charge in [-0.1, -0.05) is 30.3 Å². The molecular weight excluding hydrogens is 272 g/mol. The Hall–Kier alpha value is -1.93. The fourth-order valence-corrected chi connectivity index (χ4v) is 2.43. The van der Waals surface area contributed by atoms with Gasteiger partial charge in [-0.3, -0.25) is 14.1 Å². The predicted octanol–water partition coefficient (Wildman–Crippen LogP) is -0.641. The smallest absolute Gasteiger partial charge is 0.342 e. The number of nitrogens with one attached hydrogen (secondary N) is 1. The van der Waals surface area contributed by atoms with Crippen LogP contribution in [0.5, 0.6) is 0 Å². The van der Waals surface area contributed by atoms with Crippen molar-refractivity contribution >= 4 is 22.1 Å². The van der Waals surface area contributed by atoms with Crippen LogP contribution in [0.3, 0.4) is 0 Å². The molecule has 1 unspecified atom stereocenters. The zero-order valence-electron chi connectivity index (χ0n) is 9.81. The Bertz CT molecular complexity index is 599. The van der Waals surface area contributed by atoms with E-state index in [1.807, 2.05) is 6.07 Å². The minimum Gasteiger partial charge on any atom is -0.342 e. The van der Waals surface area contributed by atoms with E-state index in [4.69, 9.17) is 4.55 Å². The quantitative estimate of drug-likeness (QED) is 0.565. The summed E-state index contributed by atoms with van der Waals surface area (Å²) in [5, 5.41) is 2.41. The van der Waals surface area contributed by atoms with E-state index in [1.165, 1.54) is 0 Å². The lowest BCUT2D eigenvalue weighted by Gasteiger charge is -2.35. The van der Waals surface area contributed by atoms with Crippen molar-refractivity contribution in [2.75, 3.05) is 6.54 Å². The number of hydrogen-bond acceptors (Lipinski definition) is 4. The Morgan fingerprint density at radius 3 is 2.53 bits per heavy atom. The van der Waals surface area contributed by atoms with Gasteiger partial charge < -0.3 is 5.32 Å². The van der Waals surface area contributed by atoms with Crippen molar-refractivity contribution in [1.29, 1.82) is 0 Å². The average Bonchev–Trinajstić information content (AvgIpc) is 2.33. The molecule has 1 saturated heterocycles. The summed E-state index contributed by atoms with van der Waals surface area (Å²) in [6.07, 6.45) is 0.108. The summed E-state index contributed by atoms with van der Waals surface area (Å²) >= 11 is 0. The molecule has 0 aliphatic carbocycles. The fraction of sp³-hybridized carbons (Fsp3) is 0.273. The number of benzene rings is 1. The van der Waals surface area contributed by atoms with Gasteiger partial charge in [0.15, 0.2) is 0 Å². The van der Waals surface area contributed by atoms with Gasteiger partial charge in [0.05, 0.1) is 13.0 Å². The first-order chi connectivity index (χ1) is 8.88. The topological polar surface area (TPSA) is 104 Å². The second-order valence-corrected chi connectivity index (χ2v) is 5.47. The van der Waals surface area contributed by atoms with E-state index >= 15 is 0 Å². The second kappa shape index (κ2) is 4.98. The number of nitrogens with zero attached hydrogens (tertiary/aromatic N) is 1. The number of carbonyl (C=O) groups excluding carboxylic acids is 2. The van der Waals surface area contributed by atoms with Crippen LogP contribution in [0.4, 0.5) is 0 Å². The van der Waals surface area contributed by atoms with Crippen molar-refractivity contribution in [3.8, 4) is 0 Å². The third-order valence-corrected chi connectivity index (χ3v) is 3.60. The summed E-state index contributed by atoms with van der Waals surface area (Å²) in [6.45, 7) is -0.238. The first-order valence-corrected chi connectivity index (χ1v) is 6.90. The van der Waals surface area contributed by atoms with Gasteiger partial charge in [-0.15, -0.1) is 0 Å². The molecule has 1 heterocycles. The van der Waals surface area contributed by atoms with Crippen molar-refractivity contribution in [2.45, 2.75) is 12.5 Å². The van der Waals surface area contributed by atoms with Crippen molar-refractivity contribution in [1.82, 2.24) is 9.62 Å². The third kappa shape index (κ3) is 3.09. The number of amides is 2. The van der Waals surface area contributed by atoms with Gasteiger partial charge in [0.25, 0.3) is 5.91 Å². The summed E-state index contributed by atoms with van der Waals surface area (Å²) < 4.78 is 30.4. The SMILES string of the molecule is O=C(Cc1ccccc1)NC1CN(S(=O)(=O)O)C1=O. The molecule has 1 fully saturated rings. The monoisotopic (exact) mass is 284 g/mol. The lowest BCUT2D eigenvalue weighted by Crippen LogP contribution is -2.65. The molecule has 19 heavy (non-hydrogen) atoms. The van der Waals surface area contributed by atoms with Gasteiger partial charge in [0, 0.05) is 0 Å². The second-order valence-electron chi connectivity index (χ2n) is 4.13. The van der Waals surface area contributed by atoms with E-state index in [2.05, 4.69) is 5.32 Å². The van der Waals surface area contributed by atoms with Gasteiger partial charge in [-0.2, -0.15) is 8.42 Å². The normalized spacial score (nSPS) is 18.9. The molecule has 7 nitrogen and oxygen atoms in total. The summed E-state index contributed by atoms with van der Waals surface area (Å²) in [7, 11) is -4.51. The number of hydrogen-bond donors (Lipinski definition) is 2. The Kier molecular flexibility index (Phi) is 3.54. The maximum absolute atomic E-state index is 11.6. The van der Waals surface area contributed by atoms with Gasteiger partial charge >= 0.3 is 10.3 Å². The fourth-order valence-electron chi connectivity index (χ4n) is 1.74. The van der Waals surface area contributed by atoms with Crippen molar-refractivity contribution < 1.29 is 22.6 Å². The van der Waals surface area contributed by atoms with Crippen molar-refractivity contribution in [3.63, 3.8) is 0 Å². The van der Waals surface area contributed by atoms with E-state index in [1.54, 1.807) is 24.3 Å². The highest BCUT2D eigenvalue weighted by molar-refractivity contribution is 7.84. The molecular formula is C11H12N2O5S. The molecule has 2 N–H and O–H groups in total. The first-order valence-electron chi connectivity index (χ1n) is 5.50. The molecule has 2 rings (SSSR count). The largest absolute Gasteiger partial charge is 0.362 e. The zero-order valence-corrected chi connectivity index (χ0v) is 10.6. The van der Waals surface area contributed by atoms with Gasteiger partial charge in [0.2, 0.25) is 5.91 Å². The van der Waals surface area contributed by atoms with Gasteiger partial charge in [0.1, 0.15) is 6.04 Å². The summed E-state index contributed by atoms with van der Waals surface area (Å²) in [6, 6.07) is 8.05. The van der Waals surface area contributed by atoms with E-state index in [-0.39, 0.29) is 18.9 Å². The van der Waals surface area contributed by atoms with Crippen LogP contribution in [0, 0.1) is 0 Å². The van der Waals surface area contributed by atoms with E-state index < -0.39 is 22.3 Å². The summed E-state index contributed by atoms with van der Waals surface area (Å²) in [5.41, 5.74) is 0.790. The van der Waals surface area contributed by atoms with Gasteiger partial charge in [-0.25, -0.2) is 4.31 Å².